The number of ether oxygens (including phenoxy) is 1. The third kappa shape index (κ3) is 5.37. The summed E-state index contributed by atoms with van der Waals surface area (Å²) in [6.45, 7) is 3.20. The highest BCUT2D eigenvalue weighted by molar-refractivity contribution is 6.31. The third-order valence-corrected chi connectivity index (χ3v) is 5.90. The molecule has 0 spiro atoms. The molecule has 1 amide bonds. The maximum Gasteiger partial charge on any atom is 0.344 e. The lowest BCUT2D eigenvalue weighted by Crippen LogP contribution is -2.35. The molecule has 4 rings (SSSR count). The first-order valence-corrected chi connectivity index (χ1v) is 11.8. The van der Waals surface area contributed by atoms with Crippen LogP contribution < -0.4 is 10.9 Å². The molecule has 0 aliphatic rings. The Morgan fingerprint density at radius 2 is 1.61 bits per heavy atom. The van der Waals surface area contributed by atoms with E-state index in [2.05, 4.69) is 10.4 Å². The Hall–Kier alpha value is -4.23. The van der Waals surface area contributed by atoms with Crippen LogP contribution in [0, 0.1) is 6.92 Å². The quantitative estimate of drug-likeness (QED) is 0.344. The van der Waals surface area contributed by atoms with Gasteiger partial charge in [0.05, 0.1) is 12.3 Å². The molecule has 7 nitrogen and oxygen atoms in total. The van der Waals surface area contributed by atoms with Crippen LogP contribution in [0.1, 0.15) is 22.8 Å². The van der Waals surface area contributed by atoms with Crippen molar-refractivity contribution in [3.63, 3.8) is 0 Å². The summed E-state index contributed by atoms with van der Waals surface area (Å²) in [6, 6.07) is 23.3. The Labute approximate surface area is 213 Å². The lowest BCUT2D eigenvalue weighted by molar-refractivity contribution is -0.117. The van der Waals surface area contributed by atoms with E-state index in [1.165, 1.54) is 0 Å². The molecule has 0 bridgehead atoms. The van der Waals surface area contributed by atoms with Crippen LogP contribution in [0.4, 0.5) is 5.69 Å². The lowest BCUT2D eigenvalue weighted by atomic mass is 9.95. The zero-order chi connectivity index (χ0) is 25.7. The Morgan fingerprint density at radius 1 is 0.972 bits per heavy atom. The number of hydrogen-bond donors (Lipinski definition) is 1. The first-order valence-electron chi connectivity index (χ1n) is 11.4. The van der Waals surface area contributed by atoms with Gasteiger partial charge in [-0.25, -0.2) is 9.48 Å². The van der Waals surface area contributed by atoms with Crippen molar-refractivity contribution >= 4 is 29.2 Å². The van der Waals surface area contributed by atoms with Crippen LogP contribution in [0.25, 0.3) is 22.4 Å². The van der Waals surface area contributed by atoms with Gasteiger partial charge in [0.25, 0.3) is 5.56 Å². The van der Waals surface area contributed by atoms with Crippen molar-refractivity contribution < 1.29 is 14.3 Å². The van der Waals surface area contributed by atoms with Crippen molar-refractivity contribution in [2.45, 2.75) is 20.4 Å². The summed E-state index contributed by atoms with van der Waals surface area (Å²) in [7, 11) is 0. The van der Waals surface area contributed by atoms with Gasteiger partial charge in [0, 0.05) is 21.8 Å². The monoisotopic (exact) mass is 501 g/mol. The number of anilines is 1. The van der Waals surface area contributed by atoms with Crippen LogP contribution in [0.5, 0.6) is 0 Å². The lowest BCUT2D eigenvalue weighted by Gasteiger charge is -2.17. The van der Waals surface area contributed by atoms with E-state index >= 15 is 0 Å². The highest BCUT2D eigenvalue weighted by atomic mass is 35.5. The molecule has 3 aromatic carbocycles. The summed E-state index contributed by atoms with van der Waals surface area (Å²) >= 11 is 6.16. The molecule has 1 aromatic heterocycles. The molecule has 0 atom stereocenters. The van der Waals surface area contributed by atoms with Crippen molar-refractivity contribution in [2.75, 3.05) is 11.9 Å². The van der Waals surface area contributed by atoms with Crippen LogP contribution in [-0.2, 0) is 16.1 Å². The molecule has 1 N–H and O–H groups in total. The number of rotatable bonds is 7. The number of aryl methyl sites for hydroxylation is 1. The highest BCUT2D eigenvalue weighted by Gasteiger charge is 2.26. The SMILES string of the molecule is CCOC(=O)c1c(-c2ccccc2)c(-c2ccccc2)nn(CC(=O)Nc2ccc(C)c(Cl)c2)c1=O. The van der Waals surface area contributed by atoms with E-state index in [9.17, 15) is 14.4 Å². The Kier molecular flexibility index (Phi) is 7.61. The van der Waals surface area contributed by atoms with Gasteiger partial charge in [-0.3, -0.25) is 9.59 Å². The second-order valence-electron chi connectivity index (χ2n) is 8.03. The van der Waals surface area contributed by atoms with Gasteiger partial charge in [-0.2, -0.15) is 5.10 Å². The number of aromatic nitrogens is 2. The maximum absolute atomic E-state index is 13.5. The van der Waals surface area contributed by atoms with E-state index in [0.717, 1.165) is 10.2 Å². The Morgan fingerprint density at radius 3 is 2.22 bits per heavy atom. The molecule has 0 saturated carbocycles. The molecule has 8 heteroatoms. The normalized spacial score (nSPS) is 10.6. The second-order valence-corrected chi connectivity index (χ2v) is 8.43. The van der Waals surface area contributed by atoms with Gasteiger partial charge in [-0.1, -0.05) is 78.3 Å². The average Bonchev–Trinajstić information content (AvgIpc) is 2.88. The standard InChI is InChI=1S/C28H24ClN3O4/c1-3-36-28(35)25-24(19-10-6-4-7-11-19)26(20-12-8-5-9-13-20)31-32(27(25)34)17-23(33)30-21-15-14-18(2)22(29)16-21/h4-16H,3,17H2,1-2H3,(H,30,33). The number of nitrogens with one attached hydrogen (secondary N) is 1. The van der Waals surface area contributed by atoms with E-state index in [1.807, 2.05) is 55.5 Å². The van der Waals surface area contributed by atoms with Gasteiger partial charge >= 0.3 is 5.97 Å². The summed E-state index contributed by atoms with van der Waals surface area (Å²) in [4.78, 5) is 39.5. The number of amides is 1. The number of carbonyl (C=O) groups excluding carboxylic acids is 2. The molecule has 0 unspecified atom stereocenters. The van der Waals surface area contributed by atoms with Gasteiger partial charge in [0.1, 0.15) is 12.1 Å². The molecule has 0 radical (unpaired) electrons. The topological polar surface area (TPSA) is 90.3 Å². The zero-order valence-electron chi connectivity index (χ0n) is 19.8. The van der Waals surface area contributed by atoms with Crippen LogP contribution in [0.2, 0.25) is 5.02 Å². The molecule has 0 aliphatic heterocycles. The Balaban J connectivity index is 1.86. The van der Waals surface area contributed by atoms with Gasteiger partial charge < -0.3 is 10.1 Å². The van der Waals surface area contributed by atoms with Gasteiger partial charge in [-0.15, -0.1) is 0 Å². The number of benzene rings is 3. The summed E-state index contributed by atoms with van der Waals surface area (Å²) in [5.41, 5.74) is 2.51. The predicted octanol–water partition coefficient (Wildman–Crippen LogP) is 5.35. The summed E-state index contributed by atoms with van der Waals surface area (Å²) in [5.74, 6) is -1.27. The van der Waals surface area contributed by atoms with Crippen LogP contribution >= 0.6 is 11.6 Å². The second kappa shape index (κ2) is 11.0. The van der Waals surface area contributed by atoms with Crippen LogP contribution in [0.3, 0.4) is 0 Å². The Bertz CT molecular complexity index is 1470. The molecule has 182 valence electrons. The first-order chi connectivity index (χ1) is 17.4. The van der Waals surface area contributed by atoms with Crippen molar-refractivity contribution in [3.8, 4) is 22.4 Å². The van der Waals surface area contributed by atoms with Crippen molar-refractivity contribution in [1.82, 2.24) is 9.78 Å². The minimum Gasteiger partial charge on any atom is -0.462 e. The number of hydrogen-bond acceptors (Lipinski definition) is 5. The van der Waals surface area contributed by atoms with Gasteiger partial charge in [0.15, 0.2) is 0 Å². The molecule has 36 heavy (non-hydrogen) atoms. The molecule has 1 heterocycles. The molecular formula is C28H24ClN3O4. The molecule has 0 saturated heterocycles. The number of carbonyl (C=O) groups is 2. The van der Waals surface area contributed by atoms with Gasteiger partial charge in [-0.05, 0) is 37.1 Å². The number of halogens is 1. The number of nitrogens with zero attached hydrogens (tertiary/aromatic N) is 2. The van der Waals surface area contributed by atoms with E-state index in [4.69, 9.17) is 16.3 Å². The fourth-order valence-electron chi connectivity index (χ4n) is 3.76. The average molecular weight is 502 g/mol. The third-order valence-electron chi connectivity index (χ3n) is 5.49. The van der Waals surface area contributed by atoms with Crippen LogP contribution in [0.15, 0.2) is 83.7 Å². The fourth-order valence-corrected chi connectivity index (χ4v) is 3.94. The molecular weight excluding hydrogens is 478 g/mol. The van der Waals surface area contributed by atoms with Crippen LogP contribution in [-0.4, -0.2) is 28.3 Å². The first kappa shape index (κ1) is 24.9. The highest BCUT2D eigenvalue weighted by Crippen LogP contribution is 2.32. The maximum atomic E-state index is 13.5. The fraction of sp³-hybridized carbons (Fsp3) is 0.143. The van der Waals surface area contributed by atoms with Crippen molar-refractivity contribution in [1.29, 1.82) is 0 Å². The summed E-state index contributed by atoms with van der Waals surface area (Å²) < 4.78 is 6.24. The largest absolute Gasteiger partial charge is 0.462 e. The summed E-state index contributed by atoms with van der Waals surface area (Å²) in [6.07, 6.45) is 0. The minimum atomic E-state index is -0.777. The van der Waals surface area contributed by atoms with E-state index in [1.54, 1.807) is 37.3 Å². The van der Waals surface area contributed by atoms with Crippen molar-refractivity contribution in [3.05, 3.63) is 105 Å². The predicted molar refractivity (Wildman–Crippen MR) is 140 cm³/mol. The zero-order valence-corrected chi connectivity index (χ0v) is 20.6. The summed E-state index contributed by atoms with van der Waals surface area (Å²) in [5, 5.41) is 7.78. The smallest absolute Gasteiger partial charge is 0.344 e. The molecule has 0 aliphatic carbocycles. The molecule has 4 aromatic rings. The van der Waals surface area contributed by atoms with E-state index in [0.29, 0.717) is 33.1 Å². The van der Waals surface area contributed by atoms with E-state index in [-0.39, 0.29) is 12.2 Å². The van der Waals surface area contributed by atoms with E-state index < -0.39 is 24.0 Å². The van der Waals surface area contributed by atoms with Gasteiger partial charge in [0.2, 0.25) is 5.91 Å². The van der Waals surface area contributed by atoms with Crippen molar-refractivity contribution in [2.24, 2.45) is 0 Å². The number of esters is 1. The molecule has 0 fully saturated rings. The minimum absolute atomic E-state index is 0.0875.